The number of hydrogen-bond acceptors (Lipinski definition) is 3. The predicted molar refractivity (Wildman–Crippen MR) is 124 cm³/mol. The molecule has 0 amide bonds. The number of alkyl halides is 6. The van der Waals surface area contributed by atoms with Gasteiger partial charge in [-0.25, -0.2) is 4.98 Å². The Kier molecular flexibility index (Phi) is 6.46. The molecule has 0 atom stereocenters. The number of halogens is 6. The normalized spacial score (nSPS) is 12.4. The molecule has 0 unspecified atom stereocenters. The van der Waals surface area contributed by atoms with E-state index >= 15 is 0 Å². The average Bonchev–Trinajstić information content (AvgIpc) is 2.78. The molecule has 1 aromatic heterocycles. The maximum atomic E-state index is 13.8. The van der Waals surface area contributed by atoms with Crippen molar-refractivity contribution >= 4 is 22.3 Å². The van der Waals surface area contributed by atoms with Crippen LogP contribution in [0.2, 0.25) is 0 Å². The molecule has 0 spiro atoms. The number of benzene rings is 3. The fourth-order valence-electron chi connectivity index (χ4n) is 3.81. The third-order valence-electron chi connectivity index (χ3n) is 5.38. The van der Waals surface area contributed by atoms with Crippen LogP contribution in [0.4, 0.5) is 37.7 Å². The Hall–Kier alpha value is -3.59. The lowest BCUT2D eigenvalue weighted by molar-refractivity contribution is -0.142. The Balaban J connectivity index is 1.82. The lowest BCUT2D eigenvalue weighted by atomic mass is 9.99. The van der Waals surface area contributed by atoms with E-state index in [1.165, 1.54) is 6.07 Å². The molecule has 0 aliphatic rings. The Morgan fingerprint density at radius 1 is 0.800 bits per heavy atom. The highest BCUT2D eigenvalue weighted by atomic mass is 19.4. The summed E-state index contributed by atoms with van der Waals surface area (Å²) in [5.41, 5.74) is -0.598. The van der Waals surface area contributed by atoms with Crippen molar-refractivity contribution in [3.8, 4) is 11.3 Å². The number of nitrogens with one attached hydrogen (secondary N) is 1. The SMILES string of the molecule is CN(C)Cc1ccc(Nc2cc(-c3ccc(C(F)(F)F)cc3C(F)(F)F)nc3ccccc23)cc1. The predicted octanol–water partition coefficient (Wildman–Crippen LogP) is 7.74. The number of anilines is 2. The van der Waals surface area contributed by atoms with Gasteiger partial charge in [0.2, 0.25) is 0 Å². The van der Waals surface area contributed by atoms with Crippen LogP contribution in [0.25, 0.3) is 22.2 Å². The van der Waals surface area contributed by atoms with Crippen molar-refractivity contribution < 1.29 is 26.3 Å². The molecule has 0 radical (unpaired) electrons. The summed E-state index contributed by atoms with van der Waals surface area (Å²) in [5.74, 6) is 0. The minimum atomic E-state index is -5.00. The van der Waals surface area contributed by atoms with E-state index in [1.807, 2.05) is 43.3 Å². The van der Waals surface area contributed by atoms with E-state index in [0.29, 0.717) is 28.3 Å². The molecule has 3 aromatic carbocycles. The monoisotopic (exact) mass is 489 g/mol. The topological polar surface area (TPSA) is 28.2 Å². The Bertz CT molecular complexity index is 1340. The van der Waals surface area contributed by atoms with Gasteiger partial charge in [0.15, 0.2) is 0 Å². The van der Waals surface area contributed by atoms with Gasteiger partial charge in [-0.15, -0.1) is 0 Å². The third kappa shape index (κ3) is 5.57. The van der Waals surface area contributed by atoms with Gasteiger partial charge in [-0.1, -0.05) is 36.4 Å². The van der Waals surface area contributed by atoms with Gasteiger partial charge < -0.3 is 10.2 Å². The van der Waals surface area contributed by atoms with Crippen LogP contribution in [0.3, 0.4) is 0 Å². The van der Waals surface area contributed by atoms with E-state index in [1.54, 1.807) is 24.3 Å². The van der Waals surface area contributed by atoms with E-state index in [2.05, 4.69) is 10.3 Å². The number of pyridine rings is 1. The van der Waals surface area contributed by atoms with Gasteiger partial charge in [0.05, 0.1) is 28.0 Å². The molecule has 1 heterocycles. The van der Waals surface area contributed by atoms with Gasteiger partial charge in [0.1, 0.15) is 0 Å². The van der Waals surface area contributed by atoms with E-state index in [4.69, 9.17) is 0 Å². The van der Waals surface area contributed by atoms with Gasteiger partial charge in [0, 0.05) is 23.2 Å². The van der Waals surface area contributed by atoms with Crippen LogP contribution in [-0.4, -0.2) is 24.0 Å². The van der Waals surface area contributed by atoms with Crippen molar-refractivity contribution in [2.24, 2.45) is 0 Å². The van der Waals surface area contributed by atoms with Gasteiger partial charge in [-0.05, 0) is 56.1 Å². The minimum Gasteiger partial charge on any atom is -0.355 e. The van der Waals surface area contributed by atoms with Crippen molar-refractivity contribution in [1.29, 1.82) is 0 Å². The number of aromatic nitrogens is 1. The van der Waals surface area contributed by atoms with Crippen molar-refractivity contribution in [3.05, 3.63) is 89.5 Å². The van der Waals surface area contributed by atoms with E-state index in [9.17, 15) is 26.3 Å². The lowest BCUT2D eigenvalue weighted by Gasteiger charge is -2.17. The first-order valence-electron chi connectivity index (χ1n) is 10.6. The molecule has 0 aliphatic carbocycles. The molecule has 0 saturated heterocycles. The number of para-hydroxylation sites is 1. The quantitative estimate of drug-likeness (QED) is 0.291. The van der Waals surface area contributed by atoms with Crippen LogP contribution in [0.1, 0.15) is 16.7 Å². The van der Waals surface area contributed by atoms with Crippen molar-refractivity contribution in [2.45, 2.75) is 18.9 Å². The maximum absolute atomic E-state index is 13.8. The van der Waals surface area contributed by atoms with Crippen molar-refractivity contribution in [3.63, 3.8) is 0 Å². The van der Waals surface area contributed by atoms with Crippen molar-refractivity contribution in [2.75, 3.05) is 19.4 Å². The second-order valence-corrected chi connectivity index (χ2v) is 8.39. The standard InChI is InChI=1S/C26H21F6N3/c1-35(2)15-16-7-10-18(11-8-16)33-24-14-23(34-22-6-4-3-5-20(22)24)19-12-9-17(25(27,28)29)13-21(19)26(30,31)32/h3-14H,15H2,1-2H3,(H,33,34). The molecule has 0 saturated carbocycles. The lowest BCUT2D eigenvalue weighted by Crippen LogP contribution is -2.12. The summed E-state index contributed by atoms with van der Waals surface area (Å²) in [7, 11) is 3.90. The van der Waals surface area contributed by atoms with E-state index < -0.39 is 29.0 Å². The molecule has 182 valence electrons. The highest BCUT2D eigenvalue weighted by Crippen LogP contribution is 2.41. The Labute approximate surface area is 198 Å². The van der Waals surface area contributed by atoms with Crippen LogP contribution >= 0.6 is 0 Å². The molecule has 0 aliphatic heterocycles. The summed E-state index contributed by atoms with van der Waals surface area (Å²) >= 11 is 0. The first-order valence-corrected chi connectivity index (χ1v) is 10.6. The number of nitrogens with zero attached hydrogens (tertiary/aromatic N) is 2. The number of hydrogen-bond donors (Lipinski definition) is 1. The molecule has 0 bridgehead atoms. The summed E-state index contributed by atoms with van der Waals surface area (Å²) in [4.78, 5) is 6.35. The average molecular weight is 489 g/mol. The van der Waals surface area contributed by atoms with Gasteiger partial charge in [-0.2, -0.15) is 26.3 Å². The molecule has 4 aromatic rings. The number of rotatable bonds is 5. The molecule has 3 nitrogen and oxygen atoms in total. The zero-order valence-corrected chi connectivity index (χ0v) is 18.8. The summed E-state index contributed by atoms with van der Waals surface area (Å²) < 4.78 is 80.7. The summed E-state index contributed by atoms with van der Waals surface area (Å²) in [6.45, 7) is 0.747. The van der Waals surface area contributed by atoms with Crippen LogP contribution in [-0.2, 0) is 18.9 Å². The number of fused-ring (bicyclic) bond motifs is 1. The Morgan fingerprint density at radius 2 is 1.49 bits per heavy atom. The highest BCUT2D eigenvalue weighted by Gasteiger charge is 2.38. The van der Waals surface area contributed by atoms with Gasteiger partial charge >= 0.3 is 12.4 Å². The zero-order chi connectivity index (χ0) is 25.4. The summed E-state index contributed by atoms with van der Waals surface area (Å²) in [6, 6.07) is 17.5. The fraction of sp³-hybridized carbons (Fsp3) is 0.192. The molecule has 0 fully saturated rings. The second kappa shape index (κ2) is 9.22. The molecular weight excluding hydrogens is 468 g/mol. The summed E-state index contributed by atoms with van der Waals surface area (Å²) in [6.07, 6.45) is -9.90. The van der Waals surface area contributed by atoms with Crippen LogP contribution in [0, 0.1) is 0 Å². The van der Waals surface area contributed by atoms with Crippen LogP contribution < -0.4 is 5.32 Å². The van der Waals surface area contributed by atoms with Gasteiger partial charge in [0.25, 0.3) is 0 Å². The third-order valence-corrected chi connectivity index (χ3v) is 5.38. The smallest absolute Gasteiger partial charge is 0.355 e. The minimum absolute atomic E-state index is 0.0866. The second-order valence-electron chi connectivity index (χ2n) is 8.39. The summed E-state index contributed by atoms with van der Waals surface area (Å²) in [5, 5.41) is 3.88. The Morgan fingerprint density at radius 3 is 2.11 bits per heavy atom. The molecule has 9 heteroatoms. The van der Waals surface area contributed by atoms with Crippen LogP contribution in [0.5, 0.6) is 0 Å². The van der Waals surface area contributed by atoms with Crippen molar-refractivity contribution in [1.82, 2.24) is 9.88 Å². The van der Waals surface area contributed by atoms with E-state index in [-0.39, 0.29) is 11.8 Å². The van der Waals surface area contributed by atoms with E-state index in [0.717, 1.165) is 18.2 Å². The van der Waals surface area contributed by atoms with Gasteiger partial charge in [-0.3, -0.25) is 0 Å². The molecule has 4 rings (SSSR count). The zero-order valence-electron chi connectivity index (χ0n) is 18.8. The fourth-order valence-corrected chi connectivity index (χ4v) is 3.81. The first-order chi connectivity index (χ1) is 16.4. The molecule has 35 heavy (non-hydrogen) atoms. The largest absolute Gasteiger partial charge is 0.417 e. The molecular formula is C26H21F6N3. The van der Waals surface area contributed by atoms with Crippen LogP contribution in [0.15, 0.2) is 72.8 Å². The highest BCUT2D eigenvalue weighted by molar-refractivity contribution is 5.95. The maximum Gasteiger partial charge on any atom is 0.417 e. The molecule has 1 N–H and O–H groups in total. The first kappa shape index (κ1) is 24.5.